The van der Waals surface area contributed by atoms with Crippen LogP contribution in [0, 0.1) is 13.8 Å². The fourth-order valence-corrected chi connectivity index (χ4v) is 3.83. The first-order valence-electron chi connectivity index (χ1n) is 6.94. The Hall–Kier alpha value is -1.81. The molecule has 0 saturated carbocycles. The number of esters is 1. The van der Waals surface area contributed by atoms with Crippen LogP contribution in [0.2, 0.25) is 0 Å². The number of carbonyl (C=O) groups is 1. The van der Waals surface area contributed by atoms with Crippen LogP contribution in [-0.2, 0) is 4.74 Å². The lowest BCUT2D eigenvalue weighted by Gasteiger charge is -2.11. The summed E-state index contributed by atoms with van der Waals surface area (Å²) in [7, 11) is 1.38. The van der Waals surface area contributed by atoms with Crippen molar-refractivity contribution in [3.05, 3.63) is 39.8 Å². The first-order chi connectivity index (χ1) is 9.86. The van der Waals surface area contributed by atoms with E-state index in [2.05, 4.69) is 45.9 Å². The molecule has 0 saturated heterocycles. The van der Waals surface area contributed by atoms with Gasteiger partial charge in [-0.1, -0.05) is 37.6 Å². The maximum Gasteiger partial charge on any atom is 0.350 e. The predicted octanol–water partition coefficient (Wildman–Crippen LogP) is 4.52. The molecule has 0 atom stereocenters. The van der Waals surface area contributed by atoms with Gasteiger partial charge in [0, 0.05) is 4.88 Å². The number of thiophene rings is 1. The van der Waals surface area contributed by atoms with Crippen molar-refractivity contribution < 1.29 is 9.53 Å². The number of hydrogen-bond acceptors (Lipinski definition) is 4. The molecule has 0 fully saturated rings. The number of nitrogens with two attached hydrogens (primary N) is 1. The summed E-state index contributed by atoms with van der Waals surface area (Å²) in [6.45, 7) is 8.32. The SMILES string of the molecule is COC(=O)c1sc(-c2cc(C)ccc2C)c(C(C)C)c1N. The molecule has 1 aromatic carbocycles. The van der Waals surface area contributed by atoms with Crippen LogP contribution in [0.4, 0.5) is 5.69 Å². The minimum absolute atomic E-state index is 0.245. The third kappa shape index (κ3) is 2.81. The second-order valence-corrected chi connectivity index (χ2v) is 6.57. The maximum atomic E-state index is 11.9. The average Bonchev–Trinajstić information content (AvgIpc) is 2.78. The second kappa shape index (κ2) is 5.90. The van der Waals surface area contributed by atoms with Crippen molar-refractivity contribution in [3.8, 4) is 10.4 Å². The van der Waals surface area contributed by atoms with E-state index >= 15 is 0 Å². The zero-order valence-corrected chi connectivity index (χ0v) is 13.9. The number of aryl methyl sites for hydroxylation is 2. The van der Waals surface area contributed by atoms with E-state index in [9.17, 15) is 4.79 Å². The van der Waals surface area contributed by atoms with E-state index in [-0.39, 0.29) is 11.9 Å². The van der Waals surface area contributed by atoms with Gasteiger partial charge < -0.3 is 10.5 Å². The molecule has 0 spiro atoms. The van der Waals surface area contributed by atoms with Crippen molar-refractivity contribution in [2.75, 3.05) is 12.8 Å². The van der Waals surface area contributed by atoms with E-state index in [0.717, 1.165) is 16.0 Å². The highest BCUT2D eigenvalue weighted by atomic mass is 32.1. The normalized spacial score (nSPS) is 11.0. The van der Waals surface area contributed by atoms with Gasteiger partial charge in [0.25, 0.3) is 0 Å². The highest BCUT2D eigenvalue weighted by molar-refractivity contribution is 7.18. The van der Waals surface area contributed by atoms with Gasteiger partial charge in [0.1, 0.15) is 4.88 Å². The number of benzene rings is 1. The topological polar surface area (TPSA) is 52.3 Å². The van der Waals surface area contributed by atoms with Gasteiger partial charge in [0.05, 0.1) is 12.8 Å². The second-order valence-electron chi connectivity index (χ2n) is 5.55. The number of ether oxygens (including phenoxy) is 1. The molecule has 112 valence electrons. The summed E-state index contributed by atoms with van der Waals surface area (Å²) in [4.78, 5) is 13.5. The number of hydrogen-bond donors (Lipinski definition) is 1. The minimum atomic E-state index is -0.365. The fourth-order valence-electron chi connectivity index (χ4n) is 2.45. The fraction of sp³-hybridized carbons (Fsp3) is 0.353. The molecule has 3 nitrogen and oxygen atoms in total. The third-order valence-electron chi connectivity index (χ3n) is 3.57. The zero-order chi connectivity index (χ0) is 15.7. The quantitative estimate of drug-likeness (QED) is 0.848. The summed E-state index contributed by atoms with van der Waals surface area (Å²) < 4.78 is 4.85. The molecule has 0 unspecified atom stereocenters. The Kier molecular flexibility index (Phi) is 4.37. The molecule has 0 radical (unpaired) electrons. The van der Waals surface area contributed by atoms with Gasteiger partial charge in [-0.2, -0.15) is 0 Å². The lowest BCUT2D eigenvalue weighted by atomic mass is 9.95. The molecule has 2 N–H and O–H groups in total. The van der Waals surface area contributed by atoms with Gasteiger partial charge in [-0.3, -0.25) is 0 Å². The van der Waals surface area contributed by atoms with E-state index < -0.39 is 0 Å². The molecule has 2 aromatic rings. The molecule has 0 aliphatic rings. The molecular formula is C17H21NO2S. The first-order valence-corrected chi connectivity index (χ1v) is 7.76. The van der Waals surface area contributed by atoms with Crippen molar-refractivity contribution in [3.63, 3.8) is 0 Å². The minimum Gasteiger partial charge on any atom is -0.465 e. The van der Waals surface area contributed by atoms with Crippen molar-refractivity contribution in [2.24, 2.45) is 0 Å². The van der Waals surface area contributed by atoms with Gasteiger partial charge in [-0.05, 0) is 36.5 Å². The lowest BCUT2D eigenvalue weighted by molar-refractivity contribution is 0.0607. The van der Waals surface area contributed by atoms with Gasteiger partial charge in [-0.15, -0.1) is 11.3 Å². The lowest BCUT2D eigenvalue weighted by Crippen LogP contribution is -2.03. The van der Waals surface area contributed by atoms with Gasteiger partial charge in [0.15, 0.2) is 0 Å². The third-order valence-corrected chi connectivity index (χ3v) is 4.80. The average molecular weight is 303 g/mol. The monoisotopic (exact) mass is 303 g/mol. The van der Waals surface area contributed by atoms with Gasteiger partial charge in [0.2, 0.25) is 0 Å². The predicted molar refractivity (Wildman–Crippen MR) is 89.1 cm³/mol. The van der Waals surface area contributed by atoms with E-state index in [1.165, 1.54) is 29.6 Å². The molecular weight excluding hydrogens is 282 g/mol. The highest BCUT2D eigenvalue weighted by Gasteiger charge is 2.24. The number of nitrogen functional groups attached to an aromatic ring is 1. The first kappa shape index (κ1) is 15.6. The summed E-state index contributed by atoms with van der Waals surface area (Å²) in [5.74, 6) is -0.120. The van der Waals surface area contributed by atoms with Crippen molar-refractivity contribution in [1.29, 1.82) is 0 Å². The van der Waals surface area contributed by atoms with Gasteiger partial charge in [-0.25, -0.2) is 4.79 Å². The highest BCUT2D eigenvalue weighted by Crippen LogP contribution is 2.44. The molecule has 0 aliphatic carbocycles. The smallest absolute Gasteiger partial charge is 0.350 e. The Morgan fingerprint density at radius 3 is 2.52 bits per heavy atom. The summed E-state index contributed by atoms with van der Waals surface area (Å²) in [6.07, 6.45) is 0. The standard InChI is InChI=1S/C17H21NO2S/c1-9(2)13-14(18)16(17(19)20-5)21-15(13)12-8-10(3)6-7-11(12)4/h6-9H,18H2,1-5H3. The van der Waals surface area contributed by atoms with E-state index in [4.69, 9.17) is 10.5 Å². The zero-order valence-electron chi connectivity index (χ0n) is 13.1. The Bertz CT molecular complexity index is 686. The van der Waals surface area contributed by atoms with Crippen LogP contribution in [0.25, 0.3) is 10.4 Å². The summed E-state index contributed by atoms with van der Waals surface area (Å²) in [6, 6.07) is 6.34. The Balaban J connectivity index is 2.73. The molecule has 1 aromatic heterocycles. The number of rotatable bonds is 3. The van der Waals surface area contributed by atoms with E-state index in [0.29, 0.717) is 10.6 Å². The molecule has 0 aliphatic heterocycles. The van der Waals surface area contributed by atoms with Gasteiger partial charge >= 0.3 is 5.97 Å². The van der Waals surface area contributed by atoms with Crippen LogP contribution in [0.1, 0.15) is 46.1 Å². The van der Waals surface area contributed by atoms with Crippen molar-refractivity contribution in [1.82, 2.24) is 0 Å². The van der Waals surface area contributed by atoms with Crippen LogP contribution < -0.4 is 5.73 Å². The van der Waals surface area contributed by atoms with Crippen LogP contribution in [-0.4, -0.2) is 13.1 Å². The van der Waals surface area contributed by atoms with Crippen molar-refractivity contribution >= 4 is 23.0 Å². The summed E-state index contributed by atoms with van der Waals surface area (Å²) >= 11 is 1.42. The summed E-state index contributed by atoms with van der Waals surface area (Å²) in [5, 5.41) is 0. The Morgan fingerprint density at radius 2 is 1.95 bits per heavy atom. The van der Waals surface area contributed by atoms with Crippen molar-refractivity contribution in [2.45, 2.75) is 33.6 Å². The number of methoxy groups -OCH3 is 1. The molecule has 4 heteroatoms. The molecule has 21 heavy (non-hydrogen) atoms. The maximum absolute atomic E-state index is 11.9. The molecule has 1 heterocycles. The molecule has 2 rings (SSSR count). The molecule has 0 bridgehead atoms. The van der Waals surface area contributed by atoms with Crippen LogP contribution in [0.3, 0.4) is 0 Å². The molecule has 0 amide bonds. The van der Waals surface area contributed by atoms with E-state index in [1.807, 2.05) is 0 Å². The number of anilines is 1. The number of carbonyl (C=O) groups excluding carboxylic acids is 1. The Morgan fingerprint density at radius 1 is 1.29 bits per heavy atom. The van der Waals surface area contributed by atoms with Crippen LogP contribution >= 0.6 is 11.3 Å². The summed E-state index contributed by atoms with van der Waals surface area (Å²) in [5.41, 5.74) is 11.3. The van der Waals surface area contributed by atoms with Crippen LogP contribution in [0.5, 0.6) is 0 Å². The largest absolute Gasteiger partial charge is 0.465 e. The van der Waals surface area contributed by atoms with E-state index in [1.54, 1.807) is 0 Å². The Labute approximate surface area is 129 Å². The van der Waals surface area contributed by atoms with Crippen LogP contribution in [0.15, 0.2) is 18.2 Å².